The number of amides is 2. The van der Waals surface area contributed by atoms with Crippen LogP contribution in [0.25, 0.3) is 0 Å². The summed E-state index contributed by atoms with van der Waals surface area (Å²) in [6.45, 7) is 9.09. The maximum Gasteiger partial charge on any atom is 0.410 e. The smallest absolute Gasteiger partial charge is 0.410 e. The molecule has 0 bridgehead atoms. The molecule has 0 N–H and O–H groups in total. The van der Waals surface area contributed by atoms with Gasteiger partial charge in [0.25, 0.3) is 5.91 Å². The predicted octanol–water partition coefficient (Wildman–Crippen LogP) is 2.94. The largest absolute Gasteiger partial charge is 0.489 e. The third-order valence-corrected chi connectivity index (χ3v) is 4.80. The van der Waals surface area contributed by atoms with E-state index in [4.69, 9.17) is 14.2 Å². The average Bonchev–Trinajstić information content (AvgIpc) is 2.68. The number of hydrogen-bond acceptors (Lipinski definition) is 5. The first-order valence-electron chi connectivity index (χ1n) is 9.94. The van der Waals surface area contributed by atoms with Crippen LogP contribution in [0.3, 0.4) is 0 Å². The van der Waals surface area contributed by atoms with Crippen molar-refractivity contribution < 1.29 is 23.8 Å². The van der Waals surface area contributed by atoms with Gasteiger partial charge >= 0.3 is 6.09 Å². The number of ether oxygens (including phenoxy) is 3. The Bertz CT molecular complexity index is 686. The van der Waals surface area contributed by atoms with Gasteiger partial charge in [0.2, 0.25) is 0 Å². The van der Waals surface area contributed by atoms with Crippen LogP contribution in [0.4, 0.5) is 4.79 Å². The van der Waals surface area contributed by atoms with Gasteiger partial charge in [-0.05, 0) is 32.9 Å². The summed E-state index contributed by atoms with van der Waals surface area (Å²) < 4.78 is 16.9. The zero-order valence-electron chi connectivity index (χ0n) is 17.0. The molecule has 28 heavy (non-hydrogen) atoms. The fourth-order valence-corrected chi connectivity index (χ4v) is 3.35. The minimum Gasteiger partial charge on any atom is -0.489 e. The van der Waals surface area contributed by atoms with E-state index in [9.17, 15) is 9.59 Å². The van der Waals surface area contributed by atoms with Gasteiger partial charge in [-0.2, -0.15) is 0 Å². The highest BCUT2D eigenvalue weighted by atomic mass is 16.6. The number of nitrogens with zero attached hydrogens (tertiary/aromatic N) is 2. The van der Waals surface area contributed by atoms with Gasteiger partial charge in [0.1, 0.15) is 17.5 Å². The van der Waals surface area contributed by atoms with Crippen LogP contribution in [-0.4, -0.2) is 72.9 Å². The molecule has 0 saturated carbocycles. The Morgan fingerprint density at radius 1 is 1.00 bits per heavy atom. The Morgan fingerprint density at radius 3 is 2.29 bits per heavy atom. The monoisotopic (exact) mass is 390 g/mol. The van der Waals surface area contributed by atoms with E-state index in [2.05, 4.69) is 0 Å². The van der Waals surface area contributed by atoms with Crippen molar-refractivity contribution in [1.82, 2.24) is 9.80 Å². The van der Waals surface area contributed by atoms with E-state index in [1.54, 1.807) is 9.80 Å². The van der Waals surface area contributed by atoms with Crippen molar-refractivity contribution in [2.75, 3.05) is 39.4 Å². The Labute approximate surface area is 166 Å². The van der Waals surface area contributed by atoms with Crippen molar-refractivity contribution >= 4 is 12.0 Å². The highest BCUT2D eigenvalue weighted by Crippen LogP contribution is 2.25. The molecule has 2 aliphatic rings. The van der Waals surface area contributed by atoms with Crippen molar-refractivity contribution in [3.8, 4) is 5.75 Å². The molecule has 0 atom stereocenters. The summed E-state index contributed by atoms with van der Waals surface area (Å²) in [6.07, 6.45) is 1.10. The van der Waals surface area contributed by atoms with E-state index in [1.807, 2.05) is 45.0 Å². The summed E-state index contributed by atoms with van der Waals surface area (Å²) >= 11 is 0. The molecule has 3 rings (SSSR count). The lowest BCUT2D eigenvalue weighted by atomic mass is 10.1. The quantitative estimate of drug-likeness (QED) is 0.794. The lowest BCUT2D eigenvalue weighted by Gasteiger charge is -2.34. The number of para-hydroxylation sites is 1. The van der Waals surface area contributed by atoms with Crippen LogP contribution in [0.2, 0.25) is 0 Å². The second kappa shape index (κ2) is 8.82. The summed E-state index contributed by atoms with van der Waals surface area (Å²) in [5.74, 6) is 0.583. The van der Waals surface area contributed by atoms with Crippen molar-refractivity contribution in [3.63, 3.8) is 0 Å². The predicted molar refractivity (Wildman–Crippen MR) is 105 cm³/mol. The first kappa shape index (κ1) is 20.5. The summed E-state index contributed by atoms with van der Waals surface area (Å²) in [7, 11) is 0. The maximum absolute atomic E-state index is 12.9. The van der Waals surface area contributed by atoms with Gasteiger partial charge in [-0.3, -0.25) is 4.79 Å². The van der Waals surface area contributed by atoms with Crippen LogP contribution in [0.1, 0.15) is 44.0 Å². The molecule has 0 aliphatic carbocycles. The number of carbonyl (C=O) groups excluding carboxylic acids is 2. The standard InChI is InChI=1S/C21H30N2O5/c1-21(2,3)28-20(25)23-10-8-16(9-11-23)27-18-7-5-4-6-17(18)19(24)22-12-14-26-15-13-22/h4-7,16H,8-15H2,1-3H3. The van der Waals surface area contributed by atoms with Crippen molar-refractivity contribution in [2.45, 2.75) is 45.3 Å². The third kappa shape index (κ3) is 5.38. The summed E-state index contributed by atoms with van der Waals surface area (Å²) in [4.78, 5) is 28.6. The molecule has 0 spiro atoms. The number of morpholine rings is 1. The van der Waals surface area contributed by atoms with Gasteiger partial charge in [-0.1, -0.05) is 12.1 Å². The summed E-state index contributed by atoms with van der Waals surface area (Å²) in [5.41, 5.74) is 0.0856. The molecule has 0 radical (unpaired) electrons. The van der Waals surface area contributed by atoms with E-state index in [1.165, 1.54) is 0 Å². The fraction of sp³-hybridized carbons (Fsp3) is 0.619. The maximum atomic E-state index is 12.9. The molecule has 2 aliphatic heterocycles. The second-order valence-electron chi connectivity index (χ2n) is 8.19. The van der Waals surface area contributed by atoms with E-state index >= 15 is 0 Å². The van der Waals surface area contributed by atoms with Gasteiger partial charge in [-0.25, -0.2) is 4.79 Å². The second-order valence-corrected chi connectivity index (χ2v) is 8.19. The van der Waals surface area contributed by atoms with E-state index in [0.717, 1.165) is 0 Å². The molecule has 1 aromatic carbocycles. The zero-order valence-corrected chi connectivity index (χ0v) is 17.0. The molecule has 7 heteroatoms. The van der Waals surface area contributed by atoms with Gasteiger partial charge in [-0.15, -0.1) is 0 Å². The number of rotatable bonds is 3. The summed E-state index contributed by atoms with van der Waals surface area (Å²) in [5, 5.41) is 0. The lowest BCUT2D eigenvalue weighted by molar-refractivity contribution is 0.0125. The van der Waals surface area contributed by atoms with Gasteiger partial charge < -0.3 is 24.0 Å². The molecular formula is C21H30N2O5. The van der Waals surface area contributed by atoms with E-state index in [0.29, 0.717) is 63.5 Å². The molecule has 0 unspecified atom stereocenters. The fourth-order valence-electron chi connectivity index (χ4n) is 3.35. The SMILES string of the molecule is CC(C)(C)OC(=O)N1CCC(Oc2ccccc2C(=O)N2CCOCC2)CC1. The first-order valence-corrected chi connectivity index (χ1v) is 9.94. The number of likely N-dealkylation sites (tertiary alicyclic amines) is 1. The molecule has 2 heterocycles. The highest BCUT2D eigenvalue weighted by Gasteiger charge is 2.29. The Balaban J connectivity index is 1.58. The molecular weight excluding hydrogens is 360 g/mol. The Morgan fingerprint density at radius 2 is 1.64 bits per heavy atom. The number of hydrogen-bond donors (Lipinski definition) is 0. The first-order chi connectivity index (χ1) is 13.3. The van der Waals surface area contributed by atoms with Crippen LogP contribution in [0.15, 0.2) is 24.3 Å². The van der Waals surface area contributed by atoms with E-state index < -0.39 is 5.60 Å². The number of benzene rings is 1. The molecule has 0 aromatic heterocycles. The molecule has 2 saturated heterocycles. The minimum absolute atomic E-state index is 0.0231. The molecule has 154 valence electrons. The van der Waals surface area contributed by atoms with Crippen LogP contribution >= 0.6 is 0 Å². The van der Waals surface area contributed by atoms with Crippen LogP contribution in [0, 0.1) is 0 Å². The normalized spacial score (nSPS) is 18.7. The van der Waals surface area contributed by atoms with Crippen molar-refractivity contribution in [1.29, 1.82) is 0 Å². The topological polar surface area (TPSA) is 68.3 Å². The Hall–Kier alpha value is -2.28. The molecule has 2 amide bonds. The van der Waals surface area contributed by atoms with Gasteiger partial charge in [0, 0.05) is 39.0 Å². The number of piperidine rings is 1. The van der Waals surface area contributed by atoms with E-state index in [-0.39, 0.29) is 18.1 Å². The minimum atomic E-state index is -0.497. The highest BCUT2D eigenvalue weighted by molar-refractivity contribution is 5.97. The molecule has 7 nitrogen and oxygen atoms in total. The van der Waals surface area contributed by atoms with Crippen molar-refractivity contribution in [2.24, 2.45) is 0 Å². The van der Waals surface area contributed by atoms with Crippen molar-refractivity contribution in [3.05, 3.63) is 29.8 Å². The van der Waals surface area contributed by atoms with Crippen LogP contribution < -0.4 is 4.74 Å². The lowest BCUT2D eigenvalue weighted by Crippen LogP contribution is -2.44. The van der Waals surface area contributed by atoms with Gasteiger partial charge in [0.05, 0.1) is 18.8 Å². The van der Waals surface area contributed by atoms with Crippen LogP contribution in [0.5, 0.6) is 5.75 Å². The molecule has 2 fully saturated rings. The average molecular weight is 390 g/mol. The van der Waals surface area contributed by atoms with Gasteiger partial charge in [0.15, 0.2) is 0 Å². The summed E-state index contributed by atoms with van der Waals surface area (Å²) in [6, 6.07) is 7.38. The molecule has 1 aromatic rings. The zero-order chi connectivity index (χ0) is 20.1. The third-order valence-electron chi connectivity index (χ3n) is 4.80. The Kier molecular flexibility index (Phi) is 6.44. The van der Waals surface area contributed by atoms with Crippen LogP contribution in [-0.2, 0) is 9.47 Å². The number of carbonyl (C=O) groups is 2.